The summed E-state index contributed by atoms with van der Waals surface area (Å²) in [5, 5.41) is 0.704. The van der Waals surface area contributed by atoms with Crippen LogP contribution in [0.25, 0.3) is 11.1 Å². The summed E-state index contributed by atoms with van der Waals surface area (Å²) in [7, 11) is 0. The van der Waals surface area contributed by atoms with Crippen molar-refractivity contribution in [2.75, 3.05) is 19.7 Å². The summed E-state index contributed by atoms with van der Waals surface area (Å²) < 4.78 is 5.86. The van der Waals surface area contributed by atoms with E-state index in [2.05, 4.69) is 0 Å². The zero-order chi connectivity index (χ0) is 18.6. The fourth-order valence-corrected chi connectivity index (χ4v) is 3.62. The SMILES string of the molecule is O=C(c1ccc(-c2ccccc2Cl)cc1)N1CCOC(c2ccccc2)C1. The third-order valence-corrected chi connectivity index (χ3v) is 5.17. The van der Waals surface area contributed by atoms with Crippen molar-refractivity contribution in [3.63, 3.8) is 0 Å². The topological polar surface area (TPSA) is 29.5 Å². The van der Waals surface area contributed by atoms with Crippen molar-refractivity contribution in [3.8, 4) is 11.1 Å². The molecule has 1 amide bonds. The lowest BCUT2D eigenvalue weighted by molar-refractivity contribution is -0.0228. The van der Waals surface area contributed by atoms with Gasteiger partial charge in [-0.3, -0.25) is 4.79 Å². The maximum absolute atomic E-state index is 12.9. The lowest BCUT2D eigenvalue weighted by Gasteiger charge is -2.33. The summed E-state index contributed by atoms with van der Waals surface area (Å²) in [6.45, 7) is 1.71. The van der Waals surface area contributed by atoms with Gasteiger partial charge in [-0.1, -0.05) is 72.3 Å². The lowest BCUT2D eigenvalue weighted by atomic mass is 10.0. The molecule has 3 nitrogen and oxygen atoms in total. The van der Waals surface area contributed by atoms with E-state index in [1.54, 1.807) is 0 Å². The van der Waals surface area contributed by atoms with Gasteiger partial charge < -0.3 is 9.64 Å². The van der Waals surface area contributed by atoms with Gasteiger partial charge in [-0.15, -0.1) is 0 Å². The summed E-state index contributed by atoms with van der Waals surface area (Å²) in [4.78, 5) is 14.8. The number of carbonyl (C=O) groups excluding carboxylic acids is 1. The smallest absolute Gasteiger partial charge is 0.254 e. The molecule has 1 atom stereocenters. The molecule has 0 radical (unpaired) electrons. The Kier molecular flexibility index (Phi) is 5.23. The molecule has 1 aliphatic heterocycles. The average molecular weight is 378 g/mol. The number of benzene rings is 3. The highest BCUT2D eigenvalue weighted by atomic mass is 35.5. The van der Waals surface area contributed by atoms with Crippen molar-refractivity contribution in [2.24, 2.45) is 0 Å². The van der Waals surface area contributed by atoms with Gasteiger partial charge in [0.25, 0.3) is 5.91 Å². The number of rotatable bonds is 3. The summed E-state index contributed by atoms with van der Waals surface area (Å²) in [5.74, 6) is 0.0324. The number of hydrogen-bond acceptors (Lipinski definition) is 2. The van der Waals surface area contributed by atoms with Crippen LogP contribution in [-0.2, 0) is 4.74 Å². The molecule has 0 aromatic heterocycles. The van der Waals surface area contributed by atoms with Gasteiger partial charge in [0.1, 0.15) is 6.10 Å². The van der Waals surface area contributed by atoms with Crippen molar-refractivity contribution >= 4 is 17.5 Å². The minimum atomic E-state index is -0.0775. The maximum atomic E-state index is 12.9. The Morgan fingerprint density at radius 3 is 2.37 bits per heavy atom. The second kappa shape index (κ2) is 7.95. The Balaban J connectivity index is 1.50. The van der Waals surface area contributed by atoms with Crippen LogP contribution in [0.5, 0.6) is 0 Å². The minimum Gasteiger partial charge on any atom is -0.370 e. The molecule has 1 fully saturated rings. The zero-order valence-electron chi connectivity index (χ0n) is 14.8. The van der Waals surface area contributed by atoms with Crippen LogP contribution in [0, 0.1) is 0 Å². The van der Waals surface area contributed by atoms with Crippen LogP contribution >= 0.6 is 11.6 Å². The average Bonchev–Trinajstić information content (AvgIpc) is 2.74. The van der Waals surface area contributed by atoms with Crippen molar-refractivity contribution in [3.05, 3.63) is 95.0 Å². The molecule has 0 saturated carbocycles. The van der Waals surface area contributed by atoms with E-state index in [1.165, 1.54) is 0 Å². The quantitative estimate of drug-likeness (QED) is 0.626. The van der Waals surface area contributed by atoms with E-state index in [0.29, 0.717) is 30.3 Å². The molecular formula is C23H20ClNO2. The number of carbonyl (C=O) groups is 1. The first-order valence-corrected chi connectivity index (χ1v) is 9.41. The highest BCUT2D eigenvalue weighted by Gasteiger charge is 2.26. The van der Waals surface area contributed by atoms with Gasteiger partial charge in [0, 0.05) is 22.7 Å². The zero-order valence-corrected chi connectivity index (χ0v) is 15.6. The van der Waals surface area contributed by atoms with Gasteiger partial charge in [-0.25, -0.2) is 0 Å². The molecule has 4 rings (SSSR count). The van der Waals surface area contributed by atoms with Crippen LogP contribution in [0.2, 0.25) is 5.02 Å². The third-order valence-electron chi connectivity index (χ3n) is 4.84. The fourth-order valence-electron chi connectivity index (χ4n) is 3.37. The molecule has 0 spiro atoms. The maximum Gasteiger partial charge on any atom is 0.254 e. The Labute approximate surface area is 164 Å². The molecule has 1 unspecified atom stereocenters. The number of amides is 1. The first-order valence-electron chi connectivity index (χ1n) is 9.03. The van der Waals surface area contributed by atoms with E-state index in [1.807, 2.05) is 83.8 Å². The van der Waals surface area contributed by atoms with Crippen LogP contribution in [-0.4, -0.2) is 30.5 Å². The lowest BCUT2D eigenvalue weighted by Crippen LogP contribution is -2.42. The Morgan fingerprint density at radius 1 is 0.926 bits per heavy atom. The first-order chi connectivity index (χ1) is 13.2. The van der Waals surface area contributed by atoms with E-state index in [-0.39, 0.29) is 12.0 Å². The molecule has 3 aromatic rings. The van der Waals surface area contributed by atoms with E-state index >= 15 is 0 Å². The molecule has 0 N–H and O–H groups in total. The fraction of sp³-hybridized carbons (Fsp3) is 0.174. The normalized spacial score (nSPS) is 16.9. The predicted molar refractivity (Wildman–Crippen MR) is 108 cm³/mol. The molecule has 3 aromatic carbocycles. The second-order valence-corrected chi connectivity index (χ2v) is 6.99. The van der Waals surface area contributed by atoms with E-state index in [9.17, 15) is 4.79 Å². The van der Waals surface area contributed by atoms with Crippen molar-refractivity contribution in [1.29, 1.82) is 0 Å². The predicted octanol–water partition coefficient (Wildman–Crippen LogP) is 5.22. The Bertz CT molecular complexity index is 925. The molecule has 1 aliphatic rings. The molecule has 136 valence electrons. The Hall–Kier alpha value is -2.62. The van der Waals surface area contributed by atoms with E-state index in [4.69, 9.17) is 16.3 Å². The summed E-state index contributed by atoms with van der Waals surface area (Å²) in [6.07, 6.45) is -0.0775. The van der Waals surface area contributed by atoms with Crippen LogP contribution in [0.1, 0.15) is 22.0 Å². The van der Waals surface area contributed by atoms with Gasteiger partial charge in [0.2, 0.25) is 0 Å². The highest BCUT2D eigenvalue weighted by Crippen LogP contribution is 2.28. The summed E-state index contributed by atoms with van der Waals surface area (Å²) in [6, 6.07) is 25.4. The standard InChI is InChI=1S/C23H20ClNO2/c24-21-9-5-4-8-20(21)17-10-12-19(13-11-17)23(26)25-14-15-27-22(16-25)18-6-2-1-3-7-18/h1-13,22H,14-16H2. The third kappa shape index (κ3) is 3.90. The van der Waals surface area contributed by atoms with Crippen LogP contribution in [0.15, 0.2) is 78.9 Å². The van der Waals surface area contributed by atoms with Crippen molar-refractivity contribution < 1.29 is 9.53 Å². The molecular weight excluding hydrogens is 358 g/mol. The van der Waals surface area contributed by atoms with Gasteiger partial charge in [-0.05, 0) is 29.3 Å². The van der Waals surface area contributed by atoms with Crippen molar-refractivity contribution in [1.82, 2.24) is 4.90 Å². The molecule has 0 aliphatic carbocycles. The molecule has 27 heavy (non-hydrogen) atoms. The van der Waals surface area contributed by atoms with E-state index in [0.717, 1.165) is 16.7 Å². The van der Waals surface area contributed by atoms with Crippen LogP contribution < -0.4 is 0 Å². The first kappa shape index (κ1) is 17.8. The molecule has 1 saturated heterocycles. The van der Waals surface area contributed by atoms with Crippen molar-refractivity contribution in [2.45, 2.75) is 6.10 Å². The molecule has 1 heterocycles. The minimum absolute atomic E-state index is 0.0324. The molecule has 0 bridgehead atoms. The monoisotopic (exact) mass is 377 g/mol. The number of hydrogen-bond donors (Lipinski definition) is 0. The Morgan fingerprint density at radius 2 is 1.63 bits per heavy atom. The van der Waals surface area contributed by atoms with Gasteiger partial charge in [0.15, 0.2) is 0 Å². The van der Waals surface area contributed by atoms with Gasteiger partial charge in [-0.2, -0.15) is 0 Å². The van der Waals surface area contributed by atoms with E-state index < -0.39 is 0 Å². The highest BCUT2D eigenvalue weighted by molar-refractivity contribution is 6.33. The summed E-state index contributed by atoms with van der Waals surface area (Å²) in [5.41, 5.74) is 3.75. The number of morpholine rings is 1. The second-order valence-electron chi connectivity index (χ2n) is 6.58. The van der Waals surface area contributed by atoms with Crippen LogP contribution in [0.4, 0.5) is 0 Å². The summed E-state index contributed by atoms with van der Waals surface area (Å²) >= 11 is 6.27. The largest absolute Gasteiger partial charge is 0.370 e. The number of halogens is 1. The number of ether oxygens (including phenoxy) is 1. The number of nitrogens with zero attached hydrogens (tertiary/aromatic N) is 1. The molecule has 4 heteroatoms. The van der Waals surface area contributed by atoms with Crippen LogP contribution in [0.3, 0.4) is 0 Å². The van der Waals surface area contributed by atoms with Gasteiger partial charge in [0.05, 0.1) is 13.2 Å². The van der Waals surface area contributed by atoms with Gasteiger partial charge >= 0.3 is 0 Å².